The molecule has 0 N–H and O–H groups in total. The molecule has 0 nitrogen and oxygen atoms in total. The van der Waals surface area contributed by atoms with Crippen molar-refractivity contribution >= 4 is 0 Å². The summed E-state index contributed by atoms with van der Waals surface area (Å²) in [6, 6.07) is 30.0. The zero-order valence-electron chi connectivity index (χ0n) is 29.1. The number of hydrogen-bond acceptors (Lipinski definition) is 0. The number of benzene rings is 3. The van der Waals surface area contributed by atoms with Gasteiger partial charge in [0.05, 0.1) is 0 Å². The van der Waals surface area contributed by atoms with Gasteiger partial charge in [0, 0.05) is 0 Å². The topological polar surface area (TPSA) is 0 Å². The van der Waals surface area contributed by atoms with Crippen LogP contribution in [-0.2, 0) is 6.42 Å². The first-order valence-electron chi connectivity index (χ1n) is 15.7. The van der Waals surface area contributed by atoms with E-state index in [0.29, 0.717) is 11.8 Å². The molecule has 0 aliphatic rings. The molecule has 0 fully saturated rings. The van der Waals surface area contributed by atoms with Crippen LogP contribution in [0.15, 0.2) is 84.9 Å². The molecule has 224 valence electrons. The molecule has 39 heavy (non-hydrogen) atoms. The van der Waals surface area contributed by atoms with Gasteiger partial charge in [-0.15, -0.1) is 0 Å². The normalized spacial score (nSPS) is 9.03. The van der Waals surface area contributed by atoms with Gasteiger partial charge in [0.2, 0.25) is 0 Å². The molecule has 0 aromatic heterocycles. The van der Waals surface area contributed by atoms with Crippen molar-refractivity contribution in [1.82, 2.24) is 0 Å². The van der Waals surface area contributed by atoms with Gasteiger partial charge in [-0.2, -0.15) is 0 Å². The zero-order chi connectivity index (χ0) is 31.2. The molecule has 0 saturated heterocycles. The average molecular weight is 537 g/mol. The predicted octanol–water partition coefficient (Wildman–Crippen LogP) is 13.6. The van der Waals surface area contributed by atoms with Crippen LogP contribution in [-0.4, -0.2) is 0 Å². The van der Waals surface area contributed by atoms with Crippen molar-refractivity contribution < 1.29 is 0 Å². The van der Waals surface area contributed by atoms with Gasteiger partial charge in [0.1, 0.15) is 0 Å². The summed E-state index contributed by atoms with van der Waals surface area (Å²) < 4.78 is 0. The molecule has 0 saturated carbocycles. The van der Waals surface area contributed by atoms with Gasteiger partial charge in [-0.1, -0.05) is 196 Å². The lowest BCUT2D eigenvalue weighted by Crippen LogP contribution is -1.92. The van der Waals surface area contributed by atoms with E-state index in [1.807, 2.05) is 77.9 Å². The molecule has 0 heteroatoms. The Labute approximate surface area is 247 Å². The van der Waals surface area contributed by atoms with Crippen molar-refractivity contribution in [1.29, 1.82) is 0 Å². The van der Waals surface area contributed by atoms with Crippen LogP contribution < -0.4 is 0 Å². The van der Waals surface area contributed by atoms with E-state index in [1.165, 1.54) is 22.3 Å². The van der Waals surface area contributed by atoms with Crippen molar-refractivity contribution in [3.05, 3.63) is 107 Å². The lowest BCUT2D eigenvalue weighted by molar-refractivity contribution is 0.736. The highest BCUT2D eigenvalue weighted by Crippen LogP contribution is 2.19. The minimum absolute atomic E-state index is 0.611. The Kier molecular flexibility index (Phi) is 35.7. The van der Waals surface area contributed by atoms with E-state index >= 15 is 0 Å². The third-order valence-corrected chi connectivity index (χ3v) is 4.37. The van der Waals surface area contributed by atoms with E-state index in [4.69, 9.17) is 0 Å². The predicted molar refractivity (Wildman–Crippen MR) is 185 cm³/mol. The van der Waals surface area contributed by atoms with Crippen molar-refractivity contribution in [3.63, 3.8) is 0 Å². The largest absolute Gasteiger partial charge is 0.0683 e. The van der Waals surface area contributed by atoms with E-state index in [1.54, 1.807) is 0 Å². The van der Waals surface area contributed by atoms with Gasteiger partial charge in [0.25, 0.3) is 0 Å². The lowest BCUT2D eigenvalue weighted by atomic mass is 9.97. The van der Waals surface area contributed by atoms with Crippen LogP contribution >= 0.6 is 0 Å². The van der Waals surface area contributed by atoms with E-state index in [0.717, 1.165) is 18.3 Å². The van der Waals surface area contributed by atoms with E-state index < -0.39 is 0 Å². The second-order valence-corrected chi connectivity index (χ2v) is 10.6. The Morgan fingerprint density at radius 2 is 0.538 bits per heavy atom. The van der Waals surface area contributed by atoms with Gasteiger partial charge < -0.3 is 0 Å². The molecule has 0 heterocycles. The molecular formula is C39H68. The Bertz CT molecular complexity index is 703. The van der Waals surface area contributed by atoms with Crippen LogP contribution in [0.5, 0.6) is 0 Å². The van der Waals surface area contributed by atoms with Crippen molar-refractivity contribution in [2.75, 3.05) is 0 Å². The molecule has 0 aliphatic carbocycles. The molecule has 3 aromatic rings. The molecule has 0 atom stereocenters. The maximum Gasteiger partial charge on any atom is -0.00258 e. The number of rotatable bonds is 4. The molecular weight excluding hydrogens is 468 g/mol. The fraction of sp³-hybridized carbons (Fsp3) is 0.538. The smallest absolute Gasteiger partial charge is 0.00258 e. The maximum atomic E-state index is 2.26. The first-order chi connectivity index (χ1) is 18.5. The molecule has 3 aromatic carbocycles. The number of hydrogen-bond donors (Lipinski definition) is 0. The Morgan fingerprint density at radius 1 is 0.359 bits per heavy atom. The molecule has 3 rings (SSSR count). The molecule has 0 radical (unpaired) electrons. The highest BCUT2D eigenvalue weighted by molar-refractivity contribution is 5.32. The lowest BCUT2D eigenvalue weighted by Gasteiger charge is -2.09. The zero-order valence-corrected chi connectivity index (χ0v) is 29.1. The molecule has 0 amide bonds. The van der Waals surface area contributed by atoms with Crippen LogP contribution in [0, 0.1) is 11.8 Å². The molecule has 0 aliphatic heterocycles. The average Bonchev–Trinajstić information content (AvgIpc) is 2.93. The quantitative estimate of drug-likeness (QED) is 0.311. The minimum atomic E-state index is 0.611. The first kappa shape index (κ1) is 43.7. The van der Waals surface area contributed by atoms with Gasteiger partial charge >= 0.3 is 0 Å². The highest BCUT2D eigenvalue weighted by Gasteiger charge is 2.02. The fourth-order valence-electron chi connectivity index (χ4n) is 2.66. The fourth-order valence-corrected chi connectivity index (χ4v) is 2.66. The first-order valence-corrected chi connectivity index (χ1v) is 15.7. The van der Waals surface area contributed by atoms with Gasteiger partial charge in [-0.25, -0.2) is 0 Å². The van der Waals surface area contributed by atoms with Gasteiger partial charge in [-0.05, 0) is 52.3 Å². The van der Waals surface area contributed by atoms with Crippen LogP contribution in [0.4, 0.5) is 0 Å². The summed E-state index contributed by atoms with van der Waals surface area (Å²) in [5, 5.41) is 0. The minimum Gasteiger partial charge on any atom is -0.0683 e. The summed E-state index contributed by atoms with van der Waals surface area (Å²) in [7, 11) is 0. The van der Waals surface area contributed by atoms with Crippen molar-refractivity contribution in [3.8, 4) is 0 Å². The summed E-state index contributed by atoms with van der Waals surface area (Å²) in [6.07, 6.45) is 1.02. The maximum absolute atomic E-state index is 2.26. The Hall–Kier alpha value is -2.34. The van der Waals surface area contributed by atoms with Crippen LogP contribution in [0.3, 0.4) is 0 Å². The third-order valence-electron chi connectivity index (χ3n) is 4.37. The van der Waals surface area contributed by atoms with Crippen LogP contribution in [0.25, 0.3) is 0 Å². The van der Waals surface area contributed by atoms with Gasteiger partial charge in [-0.3, -0.25) is 0 Å². The Balaban J connectivity index is -0.000000251. The molecule has 0 bridgehead atoms. The van der Waals surface area contributed by atoms with Crippen molar-refractivity contribution in [2.24, 2.45) is 11.8 Å². The summed E-state index contributed by atoms with van der Waals surface area (Å²) in [5.41, 5.74) is 5.61. The standard InChI is InChI=1S/C19H24.C6H6.2C4H10.3C2H6/c1-14(2)18-9-5-16(6-10-18)13-17-7-11-19(12-8-17)15(3)4;1-2-4-6-5-3-1;2*1-4(2)3;3*1-2/h5-12,14-15H,13H2,1-4H3;1-6H;2*4H,1-3H3;3*1-2H3. The molecule has 0 unspecified atom stereocenters. The summed E-state index contributed by atoms with van der Waals surface area (Å²) in [4.78, 5) is 0. The van der Waals surface area contributed by atoms with E-state index in [9.17, 15) is 0 Å². The molecule has 0 spiro atoms. The summed E-state index contributed by atoms with van der Waals surface area (Å²) >= 11 is 0. The summed E-state index contributed by atoms with van der Waals surface area (Å²) in [5.74, 6) is 2.89. The SMILES string of the molecule is CC.CC.CC.CC(C)C.CC(C)C.CC(C)c1ccc(Cc2ccc(C(C)C)cc2)cc1.c1ccccc1. The summed E-state index contributed by atoms with van der Waals surface area (Å²) in [6.45, 7) is 33.9. The van der Waals surface area contributed by atoms with Crippen LogP contribution in [0.1, 0.15) is 145 Å². The third kappa shape index (κ3) is 31.8. The second-order valence-electron chi connectivity index (χ2n) is 10.6. The monoisotopic (exact) mass is 537 g/mol. The van der Waals surface area contributed by atoms with E-state index in [2.05, 4.69) is 118 Å². The Morgan fingerprint density at radius 3 is 0.692 bits per heavy atom. The second kappa shape index (κ2) is 31.9. The van der Waals surface area contributed by atoms with Crippen molar-refractivity contribution in [2.45, 2.75) is 129 Å². The van der Waals surface area contributed by atoms with Gasteiger partial charge in [0.15, 0.2) is 0 Å². The van der Waals surface area contributed by atoms with E-state index in [-0.39, 0.29) is 0 Å². The highest BCUT2D eigenvalue weighted by atomic mass is 14.1. The van der Waals surface area contributed by atoms with Crippen LogP contribution in [0.2, 0.25) is 0 Å².